The van der Waals surface area contributed by atoms with Gasteiger partial charge in [0.25, 0.3) is 5.91 Å². The highest BCUT2D eigenvalue weighted by Gasteiger charge is 2.23. The number of benzene rings is 2. The molecule has 28 heavy (non-hydrogen) atoms. The molecule has 0 atom stereocenters. The van der Waals surface area contributed by atoms with Gasteiger partial charge in [-0.3, -0.25) is 4.79 Å². The van der Waals surface area contributed by atoms with Gasteiger partial charge in [0, 0.05) is 31.2 Å². The number of hydrogen-bond acceptors (Lipinski definition) is 5. The number of rotatable bonds is 4. The fourth-order valence-electron chi connectivity index (χ4n) is 3.30. The Bertz CT molecular complexity index is 956. The summed E-state index contributed by atoms with van der Waals surface area (Å²) in [6.07, 6.45) is 0. The highest BCUT2D eigenvalue weighted by Crippen LogP contribution is 2.33. The molecule has 0 aliphatic carbocycles. The topological polar surface area (TPSA) is 45.7 Å². The first-order chi connectivity index (χ1) is 13.5. The summed E-state index contributed by atoms with van der Waals surface area (Å²) in [6.45, 7) is 7.19. The minimum atomic E-state index is 0.00517. The van der Waals surface area contributed by atoms with E-state index in [9.17, 15) is 4.79 Å². The Morgan fingerprint density at radius 3 is 2.43 bits per heavy atom. The maximum absolute atomic E-state index is 12.5. The molecule has 0 spiro atoms. The van der Waals surface area contributed by atoms with Gasteiger partial charge in [0.15, 0.2) is 11.7 Å². The molecule has 1 aliphatic heterocycles. The van der Waals surface area contributed by atoms with Crippen molar-refractivity contribution < 1.29 is 9.53 Å². The number of amides is 1. The van der Waals surface area contributed by atoms with Crippen molar-refractivity contribution >= 4 is 44.2 Å². The van der Waals surface area contributed by atoms with Gasteiger partial charge >= 0.3 is 0 Å². The third-order valence-corrected chi connectivity index (χ3v) is 6.51. The van der Waals surface area contributed by atoms with Crippen molar-refractivity contribution in [1.82, 2.24) is 9.88 Å². The van der Waals surface area contributed by atoms with E-state index >= 15 is 0 Å². The van der Waals surface area contributed by atoms with Crippen LogP contribution in [0.15, 0.2) is 36.4 Å². The number of anilines is 1. The van der Waals surface area contributed by atoms with E-state index in [2.05, 4.69) is 30.9 Å². The van der Waals surface area contributed by atoms with Gasteiger partial charge in [-0.15, -0.1) is 0 Å². The van der Waals surface area contributed by atoms with Crippen LogP contribution in [0.5, 0.6) is 5.75 Å². The van der Waals surface area contributed by atoms with Gasteiger partial charge in [-0.05, 0) is 49.2 Å². The Kier molecular flexibility index (Phi) is 5.42. The number of aryl methyl sites for hydroxylation is 2. The maximum Gasteiger partial charge on any atom is 0.260 e. The molecule has 146 valence electrons. The molecule has 0 N–H and O–H groups in total. The minimum Gasteiger partial charge on any atom is -0.484 e. The average Bonchev–Trinajstić information content (AvgIpc) is 3.17. The van der Waals surface area contributed by atoms with Crippen LogP contribution in [0.25, 0.3) is 10.2 Å². The normalized spacial score (nSPS) is 14.5. The standard InChI is InChI=1S/C21H22ClN3O2S/c1-14-3-4-15(2)20-19(14)23-21(28-20)25-11-9-24(10-12-25)18(26)13-27-17-7-5-16(22)6-8-17/h3-8H,9-13H2,1-2H3. The van der Waals surface area contributed by atoms with Gasteiger partial charge in [-0.25, -0.2) is 4.98 Å². The predicted octanol–water partition coefficient (Wildman–Crippen LogP) is 4.29. The van der Waals surface area contributed by atoms with E-state index in [1.807, 2.05) is 4.90 Å². The van der Waals surface area contributed by atoms with Crippen LogP contribution in [0, 0.1) is 13.8 Å². The maximum atomic E-state index is 12.5. The second-order valence-corrected chi connectivity index (χ2v) is 8.40. The number of carbonyl (C=O) groups excluding carboxylic acids is 1. The first-order valence-electron chi connectivity index (χ1n) is 9.29. The minimum absolute atomic E-state index is 0.00517. The molecule has 4 rings (SSSR count). The monoisotopic (exact) mass is 415 g/mol. The largest absolute Gasteiger partial charge is 0.484 e. The molecule has 5 nitrogen and oxygen atoms in total. The lowest BCUT2D eigenvalue weighted by Gasteiger charge is -2.34. The lowest BCUT2D eigenvalue weighted by molar-refractivity contribution is -0.133. The van der Waals surface area contributed by atoms with Crippen molar-refractivity contribution in [3.8, 4) is 5.75 Å². The predicted molar refractivity (Wildman–Crippen MR) is 115 cm³/mol. The third kappa shape index (κ3) is 3.93. The fourth-order valence-corrected chi connectivity index (χ4v) is 4.59. The van der Waals surface area contributed by atoms with Crippen LogP contribution in [-0.4, -0.2) is 48.6 Å². The van der Waals surface area contributed by atoms with E-state index in [1.165, 1.54) is 15.8 Å². The zero-order chi connectivity index (χ0) is 19.7. The molecule has 2 heterocycles. The van der Waals surface area contributed by atoms with E-state index in [4.69, 9.17) is 21.3 Å². The second kappa shape index (κ2) is 7.97. The van der Waals surface area contributed by atoms with E-state index in [1.54, 1.807) is 35.6 Å². The summed E-state index contributed by atoms with van der Waals surface area (Å²) in [6, 6.07) is 11.3. The average molecular weight is 416 g/mol. The van der Waals surface area contributed by atoms with Gasteiger partial charge in [0.2, 0.25) is 0 Å². The Hall–Kier alpha value is -2.31. The molecule has 0 bridgehead atoms. The summed E-state index contributed by atoms with van der Waals surface area (Å²) in [5, 5.41) is 1.69. The van der Waals surface area contributed by atoms with Crippen LogP contribution < -0.4 is 9.64 Å². The molecular weight excluding hydrogens is 394 g/mol. The first kappa shape index (κ1) is 19.0. The fraction of sp³-hybridized carbons (Fsp3) is 0.333. The van der Waals surface area contributed by atoms with Gasteiger partial charge < -0.3 is 14.5 Å². The number of carbonyl (C=O) groups is 1. The molecule has 2 aromatic carbocycles. The van der Waals surface area contributed by atoms with E-state index < -0.39 is 0 Å². The van der Waals surface area contributed by atoms with Gasteiger partial charge in [0.05, 0.1) is 10.2 Å². The van der Waals surface area contributed by atoms with Gasteiger partial charge in [0.1, 0.15) is 5.75 Å². The lowest BCUT2D eigenvalue weighted by atomic mass is 10.1. The lowest BCUT2D eigenvalue weighted by Crippen LogP contribution is -2.50. The number of nitrogens with zero attached hydrogens (tertiary/aromatic N) is 3. The van der Waals surface area contributed by atoms with Crippen LogP contribution in [0.4, 0.5) is 5.13 Å². The third-order valence-electron chi connectivity index (χ3n) is 5.01. The van der Waals surface area contributed by atoms with Crippen LogP contribution in [-0.2, 0) is 4.79 Å². The summed E-state index contributed by atoms with van der Waals surface area (Å²) < 4.78 is 6.83. The van der Waals surface area contributed by atoms with Crippen LogP contribution in [0.1, 0.15) is 11.1 Å². The Labute approximate surface area is 173 Å². The summed E-state index contributed by atoms with van der Waals surface area (Å²) in [5.41, 5.74) is 3.56. The number of hydrogen-bond donors (Lipinski definition) is 0. The van der Waals surface area contributed by atoms with Crippen LogP contribution in [0.3, 0.4) is 0 Å². The van der Waals surface area contributed by atoms with Crippen molar-refractivity contribution in [3.05, 3.63) is 52.5 Å². The molecule has 7 heteroatoms. The van der Waals surface area contributed by atoms with Gasteiger partial charge in [-0.1, -0.05) is 35.1 Å². The zero-order valence-corrected chi connectivity index (χ0v) is 17.5. The summed E-state index contributed by atoms with van der Waals surface area (Å²) in [7, 11) is 0. The van der Waals surface area contributed by atoms with E-state index in [0.29, 0.717) is 23.9 Å². The van der Waals surface area contributed by atoms with Crippen molar-refractivity contribution in [2.24, 2.45) is 0 Å². The molecule has 3 aromatic rings. The van der Waals surface area contributed by atoms with Crippen molar-refractivity contribution in [2.45, 2.75) is 13.8 Å². The van der Waals surface area contributed by atoms with Crippen molar-refractivity contribution in [3.63, 3.8) is 0 Å². The molecule has 0 unspecified atom stereocenters. The summed E-state index contributed by atoms with van der Waals surface area (Å²) in [5.74, 6) is 0.655. The van der Waals surface area contributed by atoms with Crippen molar-refractivity contribution in [2.75, 3.05) is 37.7 Å². The molecule has 1 amide bonds. The Morgan fingerprint density at radius 2 is 1.75 bits per heavy atom. The smallest absolute Gasteiger partial charge is 0.260 e. The zero-order valence-electron chi connectivity index (χ0n) is 15.9. The Morgan fingerprint density at radius 1 is 1.07 bits per heavy atom. The summed E-state index contributed by atoms with van der Waals surface area (Å²) >= 11 is 7.60. The second-order valence-electron chi connectivity index (χ2n) is 6.98. The first-order valence-corrected chi connectivity index (χ1v) is 10.5. The Balaban J connectivity index is 1.35. The molecule has 0 saturated carbocycles. The van der Waals surface area contributed by atoms with Crippen molar-refractivity contribution in [1.29, 1.82) is 0 Å². The SMILES string of the molecule is Cc1ccc(C)c2sc(N3CCN(C(=O)COc4ccc(Cl)cc4)CC3)nc12. The highest BCUT2D eigenvalue weighted by atomic mass is 35.5. The molecule has 1 aliphatic rings. The molecule has 0 radical (unpaired) electrons. The number of ether oxygens (including phenoxy) is 1. The molecule has 1 fully saturated rings. The quantitative estimate of drug-likeness (QED) is 0.637. The summed E-state index contributed by atoms with van der Waals surface area (Å²) in [4.78, 5) is 21.4. The number of piperazine rings is 1. The highest BCUT2D eigenvalue weighted by molar-refractivity contribution is 7.22. The molecule has 1 saturated heterocycles. The number of aromatic nitrogens is 1. The van der Waals surface area contributed by atoms with E-state index in [0.717, 1.165) is 23.7 Å². The molecular formula is C21H22ClN3O2S. The number of thiazole rings is 1. The van der Waals surface area contributed by atoms with Crippen LogP contribution >= 0.6 is 22.9 Å². The number of fused-ring (bicyclic) bond motifs is 1. The van der Waals surface area contributed by atoms with Gasteiger partial charge in [-0.2, -0.15) is 0 Å². The van der Waals surface area contributed by atoms with E-state index in [-0.39, 0.29) is 12.5 Å². The molecule has 1 aromatic heterocycles. The van der Waals surface area contributed by atoms with Crippen LogP contribution in [0.2, 0.25) is 5.02 Å². The number of halogens is 1.